The summed E-state index contributed by atoms with van der Waals surface area (Å²) in [7, 11) is 3.98. The number of nitrogens with two attached hydrogens (primary N) is 1. The molecule has 7 nitrogen and oxygen atoms in total. The Morgan fingerprint density at radius 2 is 1.68 bits per heavy atom. The summed E-state index contributed by atoms with van der Waals surface area (Å²) in [5.41, 5.74) is 11.2. The van der Waals surface area contributed by atoms with Gasteiger partial charge in [0, 0.05) is 64.6 Å². The lowest BCUT2D eigenvalue weighted by atomic mass is 10.0. The van der Waals surface area contributed by atoms with Crippen LogP contribution in [0.25, 0.3) is 44.5 Å². The second-order valence-electron chi connectivity index (χ2n) is 6.72. The average molecular weight is 434 g/mol. The number of aryl methyl sites for hydroxylation is 2. The summed E-state index contributed by atoms with van der Waals surface area (Å²) in [5, 5.41) is 10.5. The van der Waals surface area contributed by atoms with Crippen molar-refractivity contribution < 1.29 is 0 Å². The van der Waals surface area contributed by atoms with E-state index < -0.39 is 0 Å². The normalized spacial score (nSPS) is 11.5. The summed E-state index contributed by atoms with van der Waals surface area (Å²) in [6, 6.07) is 10.2. The number of rotatable bonds is 2. The first kappa shape index (κ1) is 16.9. The zero-order chi connectivity index (χ0) is 19.4. The number of hydrogen-bond donors (Lipinski definition) is 1. The average Bonchev–Trinajstić information content (AvgIpc) is 3.19. The van der Waals surface area contributed by atoms with Crippen LogP contribution in [0.2, 0.25) is 0 Å². The number of hydrogen-bond acceptors (Lipinski definition) is 5. The van der Waals surface area contributed by atoms with Crippen LogP contribution < -0.4 is 5.73 Å². The van der Waals surface area contributed by atoms with Crippen molar-refractivity contribution >= 4 is 43.8 Å². The molecule has 0 saturated carbocycles. The number of fused-ring (bicyclic) bond motifs is 2. The SMILES string of the molecule is Cn1cc(-c2nnc(N)nc2-c2cn(C)c3ncc(Br)cc23)c2ccccc21. The molecule has 1 aromatic carbocycles. The van der Waals surface area contributed by atoms with Gasteiger partial charge in [0.25, 0.3) is 0 Å². The second kappa shape index (κ2) is 6.13. The van der Waals surface area contributed by atoms with E-state index in [1.54, 1.807) is 6.20 Å². The standard InChI is InChI=1S/C20H16BrN7/c1-27-9-14(12-5-3-4-6-16(12)27)18-17(24-20(22)26-25-18)15-10-28(2)19-13(15)7-11(21)8-23-19/h3-10H,1-2H3,(H2,22,24,26). The summed E-state index contributed by atoms with van der Waals surface area (Å²) >= 11 is 3.51. The van der Waals surface area contributed by atoms with E-state index in [4.69, 9.17) is 5.73 Å². The maximum Gasteiger partial charge on any atom is 0.240 e. The van der Waals surface area contributed by atoms with Crippen molar-refractivity contribution in [2.75, 3.05) is 5.73 Å². The zero-order valence-electron chi connectivity index (χ0n) is 15.3. The van der Waals surface area contributed by atoms with Gasteiger partial charge in [0.2, 0.25) is 5.95 Å². The fourth-order valence-corrected chi connectivity index (χ4v) is 3.99. The van der Waals surface area contributed by atoms with Crippen LogP contribution in [0.15, 0.2) is 53.4 Å². The highest BCUT2D eigenvalue weighted by molar-refractivity contribution is 9.10. The van der Waals surface area contributed by atoms with Gasteiger partial charge >= 0.3 is 0 Å². The minimum Gasteiger partial charge on any atom is -0.366 e. The molecular formula is C20H16BrN7. The minimum absolute atomic E-state index is 0.138. The van der Waals surface area contributed by atoms with Gasteiger partial charge in [-0.05, 0) is 28.1 Å². The summed E-state index contributed by atoms with van der Waals surface area (Å²) < 4.78 is 4.95. The summed E-state index contributed by atoms with van der Waals surface area (Å²) in [6.07, 6.45) is 5.84. The van der Waals surface area contributed by atoms with E-state index in [9.17, 15) is 0 Å². The van der Waals surface area contributed by atoms with Crippen LogP contribution in [0.1, 0.15) is 0 Å². The van der Waals surface area contributed by atoms with Crippen LogP contribution in [0.4, 0.5) is 5.95 Å². The Labute approximate surface area is 169 Å². The number of benzene rings is 1. The molecule has 28 heavy (non-hydrogen) atoms. The molecule has 0 radical (unpaired) electrons. The predicted molar refractivity (Wildman–Crippen MR) is 114 cm³/mol. The number of aromatic nitrogens is 6. The first-order valence-electron chi connectivity index (χ1n) is 8.68. The predicted octanol–water partition coefficient (Wildman–Crippen LogP) is 3.93. The molecule has 2 N–H and O–H groups in total. The van der Waals surface area contributed by atoms with Crippen molar-refractivity contribution in [3.63, 3.8) is 0 Å². The number of nitrogen functional groups attached to an aromatic ring is 1. The van der Waals surface area contributed by atoms with Gasteiger partial charge in [0.1, 0.15) is 17.0 Å². The lowest BCUT2D eigenvalue weighted by molar-refractivity contribution is 0.946. The van der Waals surface area contributed by atoms with Gasteiger partial charge in [-0.1, -0.05) is 18.2 Å². The summed E-state index contributed by atoms with van der Waals surface area (Å²) in [4.78, 5) is 9.09. The third-order valence-corrected chi connectivity index (χ3v) is 5.32. The highest BCUT2D eigenvalue weighted by Gasteiger charge is 2.21. The number of pyridine rings is 1. The Bertz CT molecular complexity index is 1370. The van der Waals surface area contributed by atoms with Crippen LogP contribution in [0.5, 0.6) is 0 Å². The molecule has 0 atom stereocenters. The Morgan fingerprint density at radius 1 is 0.929 bits per heavy atom. The van der Waals surface area contributed by atoms with Crippen LogP contribution in [0, 0.1) is 0 Å². The highest BCUT2D eigenvalue weighted by atomic mass is 79.9. The Morgan fingerprint density at radius 3 is 2.54 bits per heavy atom. The summed E-state index contributed by atoms with van der Waals surface area (Å²) in [5.74, 6) is 0.138. The number of nitrogens with zero attached hydrogens (tertiary/aromatic N) is 6. The van der Waals surface area contributed by atoms with Crippen molar-refractivity contribution in [3.8, 4) is 22.5 Å². The summed E-state index contributed by atoms with van der Waals surface area (Å²) in [6.45, 7) is 0. The van der Waals surface area contributed by atoms with E-state index >= 15 is 0 Å². The molecule has 5 rings (SSSR count). The molecule has 4 heterocycles. The molecular weight excluding hydrogens is 418 g/mol. The molecule has 0 spiro atoms. The van der Waals surface area contributed by atoms with Gasteiger partial charge in [-0.25, -0.2) is 9.97 Å². The molecule has 0 aliphatic carbocycles. The molecule has 0 aliphatic rings. The molecule has 0 fully saturated rings. The minimum atomic E-state index is 0.138. The Hall–Kier alpha value is -3.26. The van der Waals surface area contributed by atoms with E-state index in [1.165, 1.54) is 0 Å². The van der Waals surface area contributed by atoms with E-state index in [0.29, 0.717) is 11.4 Å². The van der Waals surface area contributed by atoms with E-state index in [2.05, 4.69) is 59.0 Å². The van der Waals surface area contributed by atoms with Gasteiger partial charge in [-0.3, -0.25) is 0 Å². The molecule has 138 valence electrons. The molecule has 0 amide bonds. The Balaban J connectivity index is 1.86. The molecule has 4 aromatic heterocycles. The van der Waals surface area contributed by atoms with E-state index in [0.717, 1.165) is 37.5 Å². The largest absolute Gasteiger partial charge is 0.366 e. The van der Waals surface area contributed by atoms with Crippen LogP contribution in [-0.2, 0) is 14.1 Å². The number of para-hydroxylation sites is 1. The van der Waals surface area contributed by atoms with Crippen molar-refractivity contribution in [3.05, 3.63) is 53.4 Å². The van der Waals surface area contributed by atoms with Gasteiger partial charge in [0.15, 0.2) is 0 Å². The molecule has 0 aliphatic heterocycles. The molecule has 0 unspecified atom stereocenters. The van der Waals surface area contributed by atoms with Crippen molar-refractivity contribution in [2.24, 2.45) is 14.1 Å². The molecule has 0 bridgehead atoms. The maximum atomic E-state index is 5.92. The fraction of sp³-hybridized carbons (Fsp3) is 0.100. The third-order valence-electron chi connectivity index (χ3n) is 4.89. The van der Waals surface area contributed by atoms with Crippen molar-refractivity contribution in [2.45, 2.75) is 0 Å². The van der Waals surface area contributed by atoms with Crippen LogP contribution in [-0.4, -0.2) is 29.3 Å². The third kappa shape index (κ3) is 2.49. The maximum absolute atomic E-state index is 5.92. The second-order valence-corrected chi connectivity index (χ2v) is 7.63. The van der Waals surface area contributed by atoms with Gasteiger partial charge < -0.3 is 14.9 Å². The van der Waals surface area contributed by atoms with E-state index in [-0.39, 0.29) is 5.95 Å². The zero-order valence-corrected chi connectivity index (χ0v) is 16.8. The molecule has 0 saturated heterocycles. The molecule has 5 aromatic rings. The van der Waals surface area contributed by atoms with Gasteiger partial charge in [-0.2, -0.15) is 0 Å². The van der Waals surface area contributed by atoms with Crippen molar-refractivity contribution in [1.82, 2.24) is 29.3 Å². The topological polar surface area (TPSA) is 87.4 Å². The number of halogens is 1. The lowest BCUT2D eigenvalue weighted by Crippen LogP contribution is -2.02. The molecule has 8 heteroatoms. The van der Waals surface area contributed by atoms with Gasteiger partial charge in [-0.15, -0.1) is 10.2 Å². The fourth-order valence-electron chi connectivity index (χ4n) is 3.66. The van der Waals surface area contributed by atoms with Gasteiger partial charge in [0.05, 0.1) is 0 Å². The van der Waals surface area contributed by atoms with E-state index in [1.807, 2.05) is 43.1 Å². The first-order valence-corrected chi connectivity index (χ1v) is 9.48. The number of anilines is 1. The monoisotopic (exact) mass is 433 g/mol. The Kier molecular flexibility index (Phi) is 3.70. The lowest BCUT2D eigenvalue weighted by Gasteiger charge is -2.06. The van der Waals surface area contributed by atoms with Crippen molar-refractivity contribution in [1.29, 1.82) is 0 Å². The first-order chi connectivity index (χ1) is 13.5. The van der Waals surface area contributed by atoms with Crippen LogP contribution in [0.3, 0.4) is 0 Å². The van der Waals surface area contributed by atoms with Crippen LogP contribution >= 0.6 is 15.9 Å². The highest BCUT2D eigenvalue weighted by Crippen LogP contribution is 2.38. The quantitative estimate of drug-likeness (QED) is 0.455. The smallest absolute Gasteiger partial charge is 0.240 e.